The van der Waals surface area contributed by atoms with Gasteiger partial charge in [0, 0.05) is 0 Å². The van der Waals surface area contributed by atoms with Crippen LogP contribution in [0.2, 0.25) is 0 Å². The third kappa shape index (κ3) is 1.20. The molecule has 2 aliphatic rings. The van der Waals surface area contributed by atoms with E-state index in [2.05, 4.69) is 34.6 Å². The SMILES string of the molecule is CC1CC1C1C(C)C1C(C)(C)C. The van der Waals surface area contributed by atoms with Gasteiger partial charge in [0.05, 0.1) is 0 Å². The van der Waals surface area contributed by atoms with Crippen LogP contribution in [-0.4, -0.2) is 0 Å². The highest BCUT2D eigenvalue weighted by Crippen LogP contribution is 2.66. The maximum Gasteiger partial charge on any atom is -0.0303 e. The van der Waals surface area contributed by atoms with Crippen molar-refractivity contribution in [3.8, 4) is 0 Å². The smallest absolute Gasteiger partial charge is 0.0303 e. The second-order valence-corrected chi connectivity index (χ2v) is 6.21. The minimum absolute atomic E-state index is 0.562. The lowest BCUT2D eigenvalue weighted by molar-refractivity contribution is 0.312. The minimum atomic E-state index is 0.562. The van der Waals surface area contributed by atoms with Gasteiger partial charge in [-0.15, -0.1) is 0 Å². The Morgan fingerprint density at radius 1 is 1.08 bits per heavy atom. The van der Waals surface area contributed by atoms with Gasteiger partial charge in [-0.1, -0.05) is 34.6 Å². The normalized spacial score (nSPS) is 52.2. The van der Waals surface area contributed by atoms with Crippen LogP contribution >= 0.6 is 0 Å². The molecule has 0 bridgehead atoms. The molecule has 0 radical (unpaired) electrons. The summed E-state index contributed by atoms with van der Waals surface area (Å²) >= 11 is 0. The predicted molar refractivity (Wildman–Crippen MR) is 52.9 cm³/mol. The lowest BCUT2D eigenvalue weighted by Crippen LogP contribution is -2.10. The van der Waals surface area contributed by atoms with Crippen molar-refractivity contribution in [1.82, 2.24) is 0 Å². The molecule has 0 N–H and O–H groups in total. The van der Waals surface area contributed by atoms with E-state index < -0.39 is 0 Å². The molecule has 0 saturated heterocycles. The zero-order valence-electron chi connectivity index (χ0n) is 9.09. The summed E-state index contributed by atoms with van der Waals surface area (Å²) in [6, 6.07) is 0. The molecule has 2 fully saturated rings. The molecule has 2 aliphatic carbocycles. The summed E-state index contributed by atoms with van der Waals surface area (Å²) in [4.78, 5) is 0. The minimum Gasteiger partial charge on any atom is -0.0622 e. The summed E-state index contributed by atoms with van der Waals surface area (Å²) in [6.07, 6.45) is 1.52. The first-order valence-corrected chi connectivity index (χ1v) is 5.43. The van der Waals surface area contributed by atoms with Crippen molar-refractivity contribution in [2.45, 2.75) is 41.0 Å². The summed E-state index contributed by atoms with van der Waals surface area (Å²) in [5, 5.41) is 0. The standard InChI is InChI=1S/C12H22/c1-7-6-9(7)10-8(2)11(10)12(3,4)5/h7-11H,6H2,1-5H3. The van der Waals surface area contributed by atoms with Crippen molar-refractivity contribution in [2.24, 2.45) is 35.0 Å². The Hall–Kier alpha value is 0. The van der Waals surface area contributed by atoms with Crippen LogP contribution in [0.1, 0.15) is 41.0 Å². The summed E-state index contributed by atoms with van der Waals surface area (Å²) in [5.74, 6) is 5.27. The zero-order valence-corrected chi connectivity index (χ0v) is 9.09. The van der Waals surface area contributed by atoms with Gasteiger partial charge in [0.1, 0.15) is 0 Å². The van der Waals surface area contributed by atoms with Gasteiger partial charge >= 0.3 is 0 Å². The van der Waals surface area contributed by atoms with Gasteiger partial charge in [-0.2, -0.15) is 0 Å². The first kappa shape index (κ1) is 8.59. The molecule has 70 valence electrons. The molecule has 0 amide bonds. The van der Waals surface area contributed by atoms with Crippen LogP contribution in [0.3, 0.4) is 0 Å². The third-order valence-electron chi connectivity index (χ3n) is 4.11. The Balaban J connectivity index is 1.97. The first-order valence-electron chi connectivity index (χ1n) is 5.43. The van der Waals surface area contributed by atoms with E-state index in [9.17, 15) is 0 Å². The Kier molecular flexibility index (Phi) is 1.63. The number of rotatable bonds is 1. The fraction of sp³-hybridized carbons (Fsp3) is 1.00. The molecule has 0 spiro atoms. The lowest BCUT2D eigenvalue weighted by Gasteiger charge is -2.18. The molecular formula is C12H22. The maximum atomic E-state index is 2.45. The second-order valence-electron chi connectivity index (χ2n) is 6.21. The van der Waals surface area contributed by atoms with E-state index in [0.29, 0.717) is 5.41 Å². The molecule has 0 aromatic rings. The number of hydrogen-bond donors (Lipinski definition) is 0. The molecule has 0 aliphatic heterocycles. The zero-order chi connectivity index (χ0) is 9.09. The van der Waals surface area contributed by atoms with Crippen LogP contribution < -0.4 is 0 Å². The Labute approximate surface area is 76.7 Å². The van der Waals surface area contributed by atoms with Gasteiger partial charge in [0.25, 0.3) is 0 Å². The van der Waals surface area contributed by atoms with Crippen LogP contribution in [0.4, 0.5) is 0 Å². The maximum absolute atomic E-state index is 2.45. The van der Waals surface area contributed by atoms with Crippen molar-refractivity contribution in [3.05, 3.63) is 0 Å². The topological polar surface area (TPSA) is 0 Å². The van der Waals surface area contributed by atoms with E-state index in [-0.39, 0.29) is 0 Å². The molecule has 12 heavy (non-hydrogen) atoms. The van der Waals surface area contributed by atoms with Gasteiger partial charge in [-0.05, 0) is 41.4 Å². The summed E-state index contributed by atoms with van der Waals surface area (Å²) < 4.78 is 0. The molecule has 0 aromatic carbocycles. The van der Waals surface area contributed by atoms with Gasteiger partial charge in [-0.25, -0.2) is 0 Å². The van der Waals surface area contributed by atoms with E-state index in [1.54, 1.807) is 0 Å². The van der Waals surface area contributed by atoms with Gasteiger partial charge < -0.3 is 0 Å². The largest absolute Gasteiger partial charge is 0.0622 e. The van der Waals surface area contributed by atoms with Crippen molar-refractivity contribution < 1.29 is 0 Å². The fourth-order valence-electron chi connectivity index (χ4n) is 3.40. The van der Waals surface area contributed by atoms with E-state index in [1.807, 2.05) is 0 Å². The number of hydrogen-bond acceptors (Lipinski definition) is 0. The first-order chi connectivity index (χ1) is 5.43. The lowest BCUT2D eigenvalue weighted by atomic mass is 9.87. The van der Waals surface area contributed by atoms with Crippen LogP contribution in [-0.2, 0) is 0 Å². The van der Waals surface area contributed by atoms with Crippen molar-refractivity contribution in [2.75, 3.05) is 0 Å². The highest BCUT2D eigenvalue weighted by atomic mass is 14.6. The van der Waals surface area contributed by atoms with Crippen LogP contribution in [0.25, 0.3) is 0 Å². The highest BCUT2D eigenvalue weighted by molar-refractivity contribution is 5.08. The van der Waals surface area contributed by atoms with Crippen LogP contribution in [0.15, 0.2) is 0 Å². The Morgan fingerprint density at radius 2 is 1.58 bits per heavy atom. The molecule has 0 heteroatoms. The van der Waals surface area contributed by atoms with E-state index in [4.69, 9.17) is 0 Å². The van der Waals surface area contributed by atoms with E-state index in [0.717, 1.165) is 29.6 Å². The van der Waals surface area contributed by atoms with Crippen molar-refractivity contribution in [3.63, 3.8) is 0 Å². The van der Waals surface area contributed by atoms with Crippen molar-refractivity contribution >= 4 is 0 Å². The van der Waals surface area contributed by atoms with E-state index >= 15 is 0 Å². The average Bonchev–Trinajstić information content (AvgIpc) is 2.68. The molecule has 0 nitrogen and oxygen atoms in total. The summed E-state index contributed by atoms with van der Waals surface area (Å²) in [5.41, 5.74) is 0.562. The summed E-state index contributed by atoms with van der Waals surface area (Å²) in [7, 11) is 0. The molecule has 2 saturated carbocycles. The molecule has 0 heterocycles. The second kappa shape index (κ2) is 2.27. The fourth-order valence-corrected chi connectivity index (χ4v) is 3.40. The van der Waals surface area contributed by atoms with Crippen molar-refractivity contribution in [1.29, 1.82) is 0 Å². The molecule has 2 rings (SSSR count). The molecular weight excluding hydrogens is 144 g/mol. The van der Waals surface area contributed by atoms with Crippen LogP contribution in [0, 0.1) is 35.0 Å². The van der Waals surface area contributed by atoms with Gasteiger partial charge in [0.15, 0.2) is 0 Å². The van der Waals surface area contributed by atoms with Gasteiger partial charge in [0.2, 0.25) is 0 Å². The van der Waals surface area contributed by atoms with E-state index in [1.165, 1.54) is 6.42 Å². The monoisotopic (exact) mass is 166 g/mol. The van der Waals surface area contributed by atoms with Gasteiger partial charge in [-0.3, -0.25) is 0 Å². The highest BCUT2D eigenvalue weighted by Gasteiger charge is 2.60. The Bertz CT molecular complexity index is 187. The third-order valence-corrected chi connectivity index (χ3v) is 4.11. The quantitative estimate of drug-likeness (QED) is 0.558. The predicted octanol–water partition coefficient (Wildman–Crippen LogP) is 3.57. The molecule has 0 aromatic heterocycles. The molecule has 5 atom stereocenters. The Morgan fingerprint density at radius 3 is 1.83 bits per heavy atom. The molecule has 5 unspecified atom stereocenters. The summed E-state index contributed by atoms with van der Waals surface area (Å²) in [6.45, 7) is 12.1. The van der Waals surface area contributed by atoms with Crippen LogP contribution in [0.5, 0.6) is 0 Å². The average molecular weight is 166 g/mol.